The van der Waals surface area contributed by atoms with Gasteiger partial charge in [-0.25, -0.2) is 0 Å². The molecule has 0 radical (unpaired) electrons. The molecule has 19 heavy (non-hydrogen) atoms. The van der Waals surface area contributed by atoms with E-state index in [2.05, 4.69) is 15.4 Å². The first-order chi connectivity index (χ1) is 9.15. The molecule has 0 fully saturated rings. The van der Waals surface area contributed by atoms with Gasteiger partial charge in [-0.1, -0.05) is 18.2 Å². The van der Waals surface area contributed by atoms with E-state index >= 15 is 0 Å². The lowest BCUT2D eigenvalue weighted by Gasteiger charge is -2.02. The Bertz CT molecular complexity index is 779. The maximum atomic E-state index is 11.2. The second-order valence-corrected chi connectivity index (χ2v) is 4.13. The van der Waals surface area contributed by atoms with Crippen LogP contribution in [-0.2, 0) is 0 Å². The van der Waals surface area contributed by atoms with Crippen molar-refractivity contribution >= 4 is 16.7 Å². The highest BCUT2D eigenvalue weighted by Crippen LogP contribution is 2.26. The van der Waals surface area contributed by atoms with Crippen LogP contribution in [0, 0.1) is 0 Å². The van der Waals surface area contributed by atoms with Gasteiger partial charge in [0.2, 0.25) is 0 Å². The van der Waals surface area contributed by atoms with Crippen LogP contribution in [0.15, 0.2) is 36.4 Å². The molecule has 0 bridgehead atoms. The van der Waals surface area contributed by atoms with E-state index in [4.69, 9.17) is 5.73 Å². The summed E-state index contributed by atoms with van der Waals surface area (Å²) in [5.74, 6) is -0.422. The number of aromatic amines is 1. The van der Waals surface area contributed by atoms with Crippen molar-refractivity contribution in [3.05, 3.63) is 42.1 Å². The molecule has 0 saturated heterocycles. The Morgan fingerprint density at radius 3 is 2.63 bits per heavy atom. The number of primary amides is 1. The molecule has 1 heterocycles. The SMILES string of the molecule is NC(=O)c1n[nH]nc1-c1ccc2cc(O)ccc2c1. The van der Waals surface area contributed by atoms with E-state index in [0.29, 0.717) is 5.69 Å². The van der Waals surface area contributed by atoms with Crippen LogP contribution >= 0.6 is 0 Å². The minimum atomic E-state index is -0.630. The van der Waals surface area contributed by atoms with E-state index in [-0.39, 0.29) is 11.4 Å². The first-order valence-electron chi connectivity index (χ1n) is 5.59. The molecule has 0 saturated carbocycles. The summed E-state index contributed by atoms with van der Waals surface area (Å²) in [7, 11) is 0. The average Bonchev–Trinajstić information content (AvgIpc) is 2.87. The molecule has 4 N–H and O–H groups in total. The lowest BCUT2D eigenvalue weighted by atomic mass is 10.0. The average molecular weight is 254 g/mol. The molecule has 2 aromatic carbocycles. The molecule has 3 rings (SSSR count). The van der Waals surface area contributed by atoms with Crippen molar-refractivity contribution in [1.29, 1.82) is 0 Å². The highest BCUT2D eigenvalue weighted by Gasteiger charge is 2.15. The van der Waals surface area contributed by atoms with Gasteiger partial charge in [0.25, 0.3) is 5.91 Å². The first-order valence-corrected chi connectivity index (χ1v) is 5.59. The molecule has 6 nitrogen and oxygen atoms in total. The summed E-state index contributed by atoms with van der Waals surface area (Å²) in [6, 6.07) is 10.5. The number of phenolic OH excluding ortho intramolecular Hbond substituents is 1. The third-order valence-corrected chi connectivity index (χ3v) is 2.88. The Morgan fingerprint density at radius 2 is 1.84 bits per heavy atom. The second-order valence-electron chi connectivity index (χ2n) is 4.13. The maximum absolute atomic E-state index is 11.2. The van der Waals surface area contributed by atoms with Crippen molar-refractivity contribution in [3.8, 4) is 17.0 Å². The monoisotopic (exact) mass is 254 g/mol. The molecular weight excluding hydrogens is 244 g/mol. The third-order valence-electron chi connectivity index (χ3n) is 2.88. The van der Waals surface area contributed by atoms with E-state index in [0.717, 1.165) is 16.3 Å². The smallest absolute Gasteiger partial charge is 0.271 e. The fraction of sp³-hybridized carbons (Fsp3) is 0. The number of aromatic hydroxyl groups is 1. The molecular formula is C13H10N4O2. The highest BCUT2D eigenvalue weighted by atomic mass is 16.3. The number of fused-ring (bicyclic) bond motifs is 1. The minimum Gasteiger partial charge on any atom is -0.508 e. The Kier molecular flexibility index (Phi) is 2.42. The summed E-state index contributed by atoms with van der Waals surface area (Å²) in [4.78, 5) is 11.2. The molecule has 3 aromatic rings. The first kappa shape index (κ1) is 11.2. The number of aromatic nitrogens is 3. The Labute approximate surface area is 107 Å². The number of H-pyrrole nitrogens is 1. The Hall–Kier alpha value is -2.89. The zero-order chi connectivity index (χ0) is 13.4. The van der Waals surface area contributed by atoms with Crippen LogP contribution in [0.25, 0.3) is 22.0 Å². The van der Waals surface area contributed by atoms with Crippen molar-refractivity contribution in [2.45, 2.75) is 0 Å². The zero-order valence-corrected chi connectivity index (χ0v) is 9.79. The summed E-state index contributed by atoms with van der Waals surface area (Å²) in [5, 5.41) is 21.3. The van der Waals surface area contributed by atoms with Gasteiger partial charge in [-0.2, -0.15) is 15.4 Å². The number of phenols is 1. The summed E-state index contributed by atoms with van der Waals surface area (Å²) in [5.41, 5.74) is 6.50. The molecule has 0 unspecified atom stereocenters. The van der Waals surface area contributed by atoms with E-state index < -0.39 is 5.91 Å². The van der Waals surface area contributed by atoms with E-state index in [9.17, 15) is 9.90 Å². The van der Waals surface area contributed by atoms with Gasteiger partial charge in [0.15, 0.2) is 5.69 Å². The predicted molar refractivity (Wildman–Crippen MR) is 69.5 cm³/mol. The van der Waals surface area contributed by atoms with Gasteiger partial charge in [-0.05, 0) is 29.0 Å². The van der Waals surface area contributed by atoms with Gasteiger partial charge in [0.1, 0.15) is 11.4 Å². The van der Waals surface area contributed by atoms with Crippen molar-refractivity contribution in [3.63, 3.8) is 0 Å². The predicted octanol–water partition coefficient (Wildman–Crippen LogP) is 1.43. The number of nitrogens with two attached hydrogens (primary N) is 1. The van der Waals surface area contributed by atoms with Gasteiger partial charge in [0, 0.05) is 5.56 Å². The summed E-state index contributed by atoms with van der Waals surface area (Å²) in [6.45, 7) is 0. The van der Waals surface area contributed by atoms with Crippen LogP contribution in [0.4, 0.5) is 0 Å². The molecule has 0 spiro atoms. The van der Waals surface area contributed by atoms with Crippen LogP contribution in [0.2, 0.25) is 0 Å². The van der Waals surface area contributed by atoms with Gasteiger partial charge in [-0.15, -0.1) is 0 Å². The number of benzene rings is 2. The van der Waals surface area contributed by atoms with Gasteiger partial charge in [-0.3, -0.25) is 4.79 Å². The van der Waals surface area contributed by atoms with Crippen molar-refractivity contribution < 1.29 is 9.90 Å². The van der Waals surface area contributed by atoms with Crippen LogP contribution in [0.3, 0.4) is 0 Å². The Morgan fingerprint density at radius 1 is 1.11 bits per heavy atom. The number of carbonyl (C=O) groups excluding carboxylic acids is 1. The van der Waals surface area contributed by atoms with Crippen LogP contribution in [0.5, 0.6) is 5.75 Å². The molecule has 0 aliphatic carbocycles. The van der Waals surface area contributed by atoms with Crippen LogP contribution < -0.4 is 5.73 Å². The number of hydrogen-bond donors (Lipinski definition) is 3. The molecule has 1 aromatic heterocycles. The number of nitrogens with one attached hydrogen (secondary N) is 1. The second kappa shape index (κ2) is 4.09. The molecule has 6 heteroatoms. The topological polar surface area (TPSA) is 105 Å². The van der Waals surface area contributed by atoms with Crippen molar-refractivity contribution in [2.24, 2.45) is 5.73 Å². The maximum Gasteiger partial charge on any atom is 0.271 e. The number of carbonyl (C=O) groups is 1. The van der Waals surface area contributed by atoms with Crippen molar-refractivity contribution in [1.82, 2.24) is 15.4 Å². The molecule has 1 amide bonds. The zero-order valence-electron chi connectivity index (χ0n) is 9.79. The minimum absolute atomic E-state index is 0.109. The van der Waals surface area contributed by atoms with Crippen LogP contribution in [-0.4, -0.2) is 26.4 Å². The number of rotatable bonds is 2. The summed E-state index contributed by atoms with van der Waals surface area (Å²) >= 11 is 0. The number of hydrogen-bond acceptors (Lipinski definition) is 4. The third kappa shape index (κ3) is 1.89. The fourth-order valence-electron chi connectivity index (χ4n) is 1.98. The number of nitrogens with zero attached hydrogens (tertiary/aromatic N) is 2. The van der Waals surface area contributed by atoms with Crippen molar-refractivity contribution in [2.75, 3.05) is 0 Å². The quantitative estimate of drug-likeness (QED) is 0.643. The molecule has 0 aliphatic heterocycles. The molecule has 0 atom stereocenters. The normalized spacial score (nSPS) is 10.7. The molecule has 0 aliphatic rings. The Balaban J connectivity index is 2.18. The number of amides is 1. The lowest BCUT2D eigenvalue weighted by molar-refractivity contribution is 0.0996. The summed E-state index contributed by atoms with van der Waals surface area (Å²) in [6.07, 6.45) is 0. The summed E-state index contributed by atoms with van der Waals surface area (Å²) < 4.78 is 0. The van der Waals surface area contributed by atoms with E-state index in [1.54, 1.807) is 24.3 Å². The lowest BCUT2D eigenvalue weighted by Crippen LogP contribution is -2.12. The van der Waals surface area contributed by atoms with E-state index in [1.807, 2.05) is 12.1 Å². The van der Waals surface area contributed by atoms with Gasteiger partial charge < -0.3 is 10.8 Å². The molecule has 94 valence electrons. The van der Waals surface area contributed by atoms with Gasteiger partial charge in [0.05, 0.1) is 0 Å². The standard InChI is InChI=1S/C13H10N4O2/c14-13(19)12-11(15-17-16-12)9-2-1-8-6-10(18)4-3-7(8)5-9/h1-6,18H,(H2,14,19)(H,15,16,17). The van der Waals surface area contributed by atoms with E-state index in [1.165, 1.54) is 0 Å². The fourth-order valence-corrected chi connectivity index (χ4v) is 1.98. The largest absolute Gasteiger partial charge is 0.508 e. The highest BCUT2D eigenvalue weighted by molar-refractivity contribution is 5.98. The van der Waals surface area contributed by atoms with Crippen LogP contribution in [0.1, 0.15) is 10.5 Å². The van der Waals surface area contributed by atoms with Gasteiger partial charge >= 0.3 is 0 Å².